The summed E-state index contributed by atoms with van der Waals surface area (Å²) in [4.78, 5) is 1.13. The number of hydrogen-bond acceptors (Lipinski definition) is 3. The zero-order valence-electron chi connectivity index (χ0n) is 9.52. The van der Waals surface area contributed by atoms with Crippen molar-refractivity contribution < 1.29 is 4.42 Å². The highest BCUT2D eigenvalue weighted by Gasteiger charge is 2.14. The quantitative estimate of drug-likeness (QED) is 0.850. The van der Waals surface area contributed by atoms with Crippen LogP contribution in [0.25, 0.3) is 0 Å². The first-order valence-electron chi connectivity index (χ1n) is 5.37. The number of benzene rings is 1. The van der Waals surface area contributed by atoms with Gasteiger partial charge in [0.1, 0.15) is 5.76 Å². The summed E-state index contributed by atoms with van der Waals surface area (Å²) in [6, 6.07) is 9.79. The number of furan rings is 1. The van der Waals surface area contributed by atoms with Crippen LogP contribution in [0.1, 0.15) is 16.6 Å². The molecule has 1 aromatic heterocycles. The second-order valence-electron chi connectivity index (χ2n) is 3.74. The highest BCUT2D eigenvalue weighted by Crippen LogP contribution is 2.37. The highest BCUT2D eigenvalue weighted by atomic mass is 35.5. The average Bonchev–Trinajstić information content (AvgIpc) is 2.71. The van der Waals surface area contributed by atoms with Crippen molar-refractivity contribution in [1.29, 1.82) is 0 Å². The van der Waals surface area contributed by atoms with Gasteiger partial charge in [-0.05, 0) is 30.7 Å². The molecule has 1 heterocycles. The van der Waals surface area contributed by atoms with Crippen LogP contribution in [-0.2, 0) is 0 Å². The van der Waals surface area contributed by atoms with Crippen molar-refractivity contribution in [3.05, 3.63) is 52.9 Å². The molecule has 0 saturated heterocycles. The first-order chi connectivity index (χ1) is 8.20. The lowest BCUT2D eigenvalue weighted by atomic mass is 10.1. The summed E-state index contributed by atoms with van der Waals surface area (Å²) >= 11 is 7.70. The number of rotatable bonds is 4. The molecule has 1 atom stereocenters. The predicted molar refractivity (Wildman–Crippen MR) is 72.5 cm³/mol. The van der Waals surface area contributed by atoms with Crippen molar-refractivity contribution in [1.82, 2.24) is 0 Å². The van der Waals surface area contributed by atoms with Gasteiger partial charge >= 0.3 is 0 Å². The van der Waals surface area contributed by atoms with Gasteiger partial charge in [-0.2, -0.15) is 0 Å². The van der Waals surface area contributed by atoms with Gasteiger partial charge in [0.15, 0.2) is 0 Å². The molecule has 2 N–H and O–H groups in total. The molecular weight excluding hydrogens is 254 g/mol. The van der Waals surface area contributed by atoms with Crippen molar-refractivity contribution in [3.8, 4) is 0 Å². The molecule has 1 unspecified atom stereocenters. The third-order valence-electron chi connectivity index (χ3n) is 2.51. The zero-order valence-corrected chi connectivity index (χ0v) is 11.1. The molecule has 0 saturated carbocycles. The molecule has 2 nitrogen and oxygen atoms in total. The maximum absolute atomic E-state index is 5.99. The predicted octanol–water partition coefficient (Wildman–Crippen LogP) is 4.03. The summed E-state index contributed by atoms with van der Waals surface area (Å²) < 4.78 is 5.28. The summed E-state index contributed by atoms with van der Waals surface area (Å²) in [7, 11) is 0. The highest BCUT2D eigenvalue weighted by molar-refractivity contribution is 7.99. The third-order valence-corrected chi connectivity index (χ3v) is 4.18. The van der Waals surface area contributed by atoms with E-state index in [9.17, 15) is 0 Å². The van der Waals surface area contributed by atoms with E-state index in [0.717, 1.165) is 21.2 Å². The minimum Gasteiger partial charge on any atom is -0.468 e. The first-order valence-corrected chi connectivity index (χ1v) is 6.62. The number of halogens is 1. The monoisotopic (exact) mass is 267 g/mol. The molecule has 2 rings (SSSR count). The van der Waals surface area contributed by atoms with Crippen LogP contribution in [0.3, 0.4) is 0 Å². The normalized spacial score (nSPS) is 12.6. The molecule has 90 valence electrons. The Morgan fingerprint density at radius 1 is 1.41 bits per heavy atom. The number of thioether (sulfide) groups is 1. The lowest BCUT2D eigenvalue weighted by Crippen LogP contribution is -2.09. The van der Waals surface area contributed by atoms with Crippen LogP contribution in [-0.4, -0.2) is 6.54 Å². The molecule has 0 amide bonds. The topological polar surface area (TPSA) is 39.2 Å². The van der Waals surface area contributed by atoms with E-state index >= 15 is 0 Å². The average molecular weight is 268 g/mol. The van der Waals surface area contributed by atoms with Crippen LogP contribution in [0, 0.1) is 6.92 Å². The van der Waals surface area contributed by atoms with Gasteiger partial charge < -0.3 is 10.2 Å². The molecular formula is C13H14ClNOS. The molecule has 4 heteroatoms. The van der Waals surface area contributed by atoms with E-state index < -0.39 is 0 Å². The fraction of sp³-hybridized carbons (Fsp3) is 0.231. The summed E-state index contributed by atoms with van der Waals surface area (Å²) in [6.45, 7) is 2.52. The van der Waals surface area contributed by atoms with E-state index in [-0.39, 0.29) is 5.25 Å². The maximum Gasteiger partial charge on any atom is 0.114 e. The van der Waals surface area contributed by atoms with Crippen LogP contribution in [0.15, 0.2) is 45.9 Å². The molecule has 17 heavy (non-hydrogen) atoms. The number of hydrogen-bond donors (Lipinski definition) is 1. The van der Waals surface area contributed by atoms with Crippen molar-refractivity contribution >= 4 is 23.4 Å². The fourth-order valence-corrected chi connectivity index (χ4v) is 2.84. The Bertz CT molecular complexity index is 498. The van der Waals surface area contributed by atoms with E-state index in [1.165, 1.54) is 0 Å². The SMILES string of the molecule is Cc1occc1SC(CN)c1cccc(Cl)c1. The first kappa shape index (κ1) is 12.6. The van der Waals surface area contributed by atoms with Crippen molar-refractivity contribution in [3.63, 3.8) is 0 Å². The van der Waals surface area contributed by atoms with Gasteiger partial charge in [0.05, 0.1) is 6.26 Å². The van der Waals surface area contributed by atoms with Gasteiger partial charge in [0.25, 0.3) is 0 Å². The minimum absolute atomic E-state index is 0.199. The van der Waals surface area contributed by atoms with Gasteiger partial charge in [-0.15, -0.1) is 11.8 Å². The Morgan fingerprint density at radius 3 is 2.82 bits per heavy atom. The molecule has 0 radical (unpaired) electrons. The van der Waals surface area contributed by atoms with Gasteiger partial charge in [-0.1, -0.05) is 23.7 Å². The van der Waals surface area contributed by atoms with Crippen molar-refractivity contribution in [2.24, 2.45) is 5.73 Å². The number of aryl methyl sites for hydroxylation is 1. The summed E-state index contributed by atoms with van der Waals surface area (Å²) in [5.74, 6) is 0.926. The molecule has 0 aliphatic heterocycles. The lowest BCUT2D eigenvalue weighted by Gasteiger charge is -2.14. The Balaban J connectivity index is 2.20. The van der Waals surface area contributed by atoms with Crippen LogP contribution >= 0.6 is 23.4 Å². The van der Waals surface area contributed by atoms with E-state index in [2.05, 4.69) is 0 Å². The van der Waals surface area contributed by atoms with E-state index in [1.807, 2.05) is 37.3 Å². The maximum atomic E-state index is 5.99. The smallest absolute Gasteiger partial charge is 0.114 e. The third kappa shape index (κ3) is 3.06. The second kappa shape index (κ2) is 5.63. The fourth-order valence-electron chi connectivity index (χ4n) is 1.61. The Hall–Kier alpha value is -0.900. The van der Waals surface area contributed by atoms with Crippen LogP contribution in [0.2, 0.25) is 5.02 Å². The molecule has 0 aliphatic rings. The standard InChI is InChI=1S/C13H14ClNOS/c1-9-12(5-6-16-9)17-13(8-15)10-3-2-4-11(14)7-10/h2-7,13H,8,15H2,1H3. The van der Waals surface area contributed by atoms with Gasteiger partial charge in [-0.25, -0.2) is 0 Å². The zero-order chi connectivity index (χ0) is 12.3. The Morgan fingerprint density at radius 2 is 2.24 bits per heavy atom. The van der Waals surface area contributed by atoms with Crippen LogP contribution < -0.4 is 5.73 Å². The lowest BCUT2D eigenvalue weighted by molar-refractivity contribution is 0.526. The van der Waals surface area contributed by atoms with Gasteiger partial charge in [-0.3, -0.25) is 0 Å². The molecule has 1 aromatic carbocycles. The van der Waals surface area contributed by atoms with Gasteiger partial charge in [0.2, 0.25) is 0 Å². The summed E-state index contributed by atoms with van der Waals surface area (Å²) in [6.07, 6.45) is 1.70. The van der Waals surface area contributed by atoms with Crippen molar-refractivity contribution in [2.75, 3.05) is 6.54 Å². The largest absolute Gasteiger partial charge is 0.468 e. The van der Waals surface area contributed by atoms with Crippen LogP contribution in [0.5, 0.6) is 0 Å². The second-order valence-corrected chi connectivity index (χ2v) is 5.42. The Kier molecular flexibility index (Phi) is 4.15. The van der Waals surface area contributed by atoms with E-state index in [4.69, 9.17) is 21.8 Å². The minimum atomic E-state index is 0.199. The van der Waals surface area contributed by atoms with Gasteiger partial charge in [0, 0.05) is 21.7 Å². The molecule has 0 aliphatic carbocycles. The molecule has 0 bridgehead atoms. The molecule has 0 fully saturated rings. The van der Waals surface area contributed by atoms with E-state index in [1.54, 1.807) is 18.0 Å². The van der Waals surface area contributed by atoms with Crippen LogP contribution in [0.4, 0.5) is 0 Å². The van der Waals surface area contributed by atoms with E-state index in [0.29, 0.717) is 6.54 Å². The van der Waals surface area contributed by atoms with Crippen molar-refractivity contribution in [2.45, 2.75) is 17.1 Å². The molecule has 0 spiro atoms. The summed E-state index contributed by atoms with van der Waals surface area (Å²) in [5.41, 5.74) is 6.97. The Labute approximate surface area is 110 Å². The number of nitrogens with two attached hydrogens (primary N) is 1. The molecule has 2 aromatic rings. The summed E-state index contributed by atoms with van der Waals surface area (Å²) in [5, 5.41) is 0.940.